The number of anilines is 1. The van der Waals surface area contributed by atoms with Crippen LogP contribution in [0.5, 0.6) is 5.75 Å². The number of fused-ring (bicyclic) bond motifs is 1. The van der Waals surface area contributed by atoms with E-state index >= 15 is 0 Å². The Labute approximate surface area is 165 Å². The SMILES string of the molecule is COc1ccccc1-c1cc2cc(NC(=O)C3(CN(C)C)CC3)ncc2n1C. The van der Waals surface area contributed by atoms with E-state index in [0.29, 0.717) is 5.82 Å². The maximum atomic E-state index is 12.7. The van der Waals surface area contributed by atoms with E-state index in [2.05, 4.69) is 25.8 Å². The number of pyridine rings is 1. The van der Waals surface area contributed by atoms with Crippen molar-refractivity contribution in [3.8, 4) is 17.0 Å². The predicted octanol–water partition coefficient (Wildman–Crippen LogP) is 3.53. The second-order valence-electron chi connectivity index (χ2n) is 7.89. The van der Waals surface area contributed by atoms with Crippen LogP contribution in [-0.2, 0) is 11.8 Å². The molecule has 0 radical (unpaired) electrons. The van der Waals surface area contributed by atoms with Crippen LogP contribution < -0.4 is 10.1 Å². The highest BCUT2D eigenvalue weighted by Crippen LogP contribution is 2.47. The van der Waals surface area contributed by atoms with Gasteiger partial charge >= 0.3 is 0 Å². The topological polar surface area (TPSA) is 59.4 Å². The summed E-state index contributed by atoms with van der Waals surface area (Å²) in [6.07, 6.45) is 3.68. The Morgan fingerprint density at radius 2 is 2.04 bits per heavy atom. The smallest absolute Gasteiger partial charge is 0.233 e. The molecule has 6 heteroatoms. The molecular weight excluding hydrogens is 352 g/mol. The Hall–Kier alpha value is -2.86. The highest BCUT2D eigenvalue weighted by molar-refractivity contribution is 5.98. The number of ether oxygens (including phenoxy) is 1. The largest absolute Gasteiger partial charge is 0.496 e. The van der Waals surface area contributed by atoms with Gasteiger partial charge in [-0.2, -0.15) is 0 Å². The first-order valence-corrected chi connectivity index (χ1v) is 9.48. The third-order valence-electron chi connectivity index (χ3n) is 5.51. The van der Waals surface area contributed by atoms with Gasteiger partial charge in [-0.15, -0.1) is 0 Å². The van der Waals surface area contributed by atoms with Crippen LogP contribution in [0.2, 0.25) is 0 Å². The van der Waals surface area contributed by atoms with Crippen LogP contribution >= 0.6 is 0 Å². The third-order valence-corrected chi connectivity index (χ3v) is 5.51. The quantitative estimate of drug-likeness (QED) is 0.713. The maximum Gasteiger partial charge on any atom is 0.233 e. The molecular formula is C22H26N4O2. The molecule has 3 aromatic rings. The average Bonchev–Trinajstić information content (AvgIpc) is 3.38. The van der Waals surface area contributed by atoms with Gasteiger partial charge in [-0.25, -0.2) is 4.98 Å². The molecule has 1 amide bonds. The van der Waals surface area contributed by atoms with E-state index in [4.69, 9.17) is 4.74 Å². The zero-order chi connectivity index (χ0) is 19.9. The number of aromatic nitrogens is 2. The summed E-state index contributed by atoms with van der Waals surface area (Å²) in [7, 11) is 7.69. The Kier molecular flexibility index (Phi) is 4.59. The molecule has 1 N–H and O–H groups in total. The van der Waals surface area contributed by atoms with Crippen molar-refractivity contribution in [1.29, 1.82) is 0 Å². The summed E-state index contributed by atoms with van der Waals surface area (Å²) in [4.78, 5) is 19.3. The number of para-hydroxylation sites is 1. The molecule has 1 saturated carbocycles. The van der Waals surface area contributed by atoms with Gasteiger partial charge < -0.3 is 19.5 Å². The van der Waals surface area contributed by atoms with E-state index in [-0.39, 0.29) is 11.3 Å². The zero-order valence-electron chi connectivity index (χ0n) is 16.8. The van der Waals surface area contributed by atoms with Crippen LogP contribution in [0, 0.1) is 5.41 Å². The first kappa shape index (κ1) is 18.5. The minimum Gasteiger partial charge on any atom is -0.496 e. The van der Waals surface area contributed by atoms with Crippen molar-refractivity contribution in [2.24, 2.45) is 12.5 Å². The number of carbonyl (C=O) groups excluding carboxylic acids is 1. The van der Waals surface area contributed by atoms with Gasteiger partial charge in [0.2, 0.25) is 5.91 Å². The molecule has 0 aliphatic heterocycles. The lowest BCUT2D eigenvalue weighted by Gasteiger charge is -2.19. The van der Waals surface area contributed by atoms with Gasteiger partial charge in [-0.05, 0) is 51.2 Å². The number of benzene rings is 1. The van der Waals surface area contributed by atoms with E-state index < -0.39 is 0 Å². The Bertz CT molecular complexity index is 1030. The monoisotopic (exact) mass is 378 g/mol. The number of carbonyl (C=O) groups is 1. The second-order valence-corrected chi connectivity index (χ2v) is 7.89. The van der Waals surface area contributed by atoms with Crippen LogP contribution in [0.15, 0.2) is 42.6 Å². The summed E-state index contributed by atoms with van der Waals surface area (Å²) in [6, 6.07) is 12.0. The highest BCUT2D eigenvalue weighted by Gasteiger charge is 2.50. The van der Waals surface area contributed by atoms with Gasteiger partial charge in [-0.3, -0.25) is 4.79 Å². The molecule has 1 aliphatic carbocycles. The summed E-state index contributed by atoms with van der Waals surface area (Å²) >= 11 is 0. The van der Waals surface area contributed by atoms with E-state index in [1.165, 1.54) is 0 Å². The third kappa shape index (κ3) is 3.24. The van der Waals surface area contributed by atoms with Crippen LogP contribution in [0.3, 0.4) is 0 Å². The predicted molar refractivity (Wildman–Crippen MR) is 112 cm³/mol. The Morgan fingerprint density at radius 1 is 1.29 bits per heavy atom. The molecule has 2 heterocycles. The molecule has 0 unspecified atom stereocenters. The van der Waals surface area contributed by atoms with Crippen LogP contribution in [0.4, 0.5) is 5.82 Å². The number of hydrogen-bond donors (Lipinski definition) is 1. The summed E-state index contributed by atoms with van der Waals surface area (Å²) in [5.41, 5.74) is 2.81. The zero-order valence-corrected chi connectivity index (χ0v) is 16.8. The van der Waals surface area contributed by atoms with Crippen molar-refractivity contribution in [1.82, 2.24) is 14.5 Å². The normalized spacial score (nSPS) is 15.0. The molecule has 1 aromatic carbocycles. The van der Waals surface area contributed by atoms with E-state index in [9.17, 15) is 4.79 Å². The molecule has 28 heavy (non-hydrogen) atoms. The van der Waals surface area contributed by atoms with Crippen molar-refractivity contribution in [2.45, 2.75) is 12.8 Å². The van der Waals surface area contributed by atoms with Crippen LogP contribution in [0.25, 0.3) is 22.2 Å². The molecule has 146 valence electrons. The van der Waals surface area contributed by atoms with Gasteiger partial charge in [0.05, 0.1) is 29.9 Å². The molecule has 4 rings (SSSR count). The fraction of sp³-hybridized carbons (Fsp3) is 0.364. The minimum absolute atomic E-state index is 0.0638. The standard InChI is InChI=1S/C22H26N4O2/c1-25(2)14-22(9-10-22)21(27)24-20-12-15-11-17(26(3)18(15)13-23-20)16-7-5-6-8-19(16)28-4/h5-8,11-13H,9-10,14H2,1-4H3,(H,23,24,27). The van der Waals surface area contributed by atoms with E-state index in [1.807, 2.05) is 57.7 Å². The molecule has 1 aliphatic rings. The number of rotatable bonds is 6. The van der Waals surface area contributed by atoms with E-state index in [0.717, 1.165) is 47.3 Å². The van der Waals surface area contributed by atoms with Crippen LogP contribution in [0.1, 0.15) is 12.8 Å². The van der Waals surface area contributed by atoms with Gasteiger partial charge in [-0.1, -0.05) is 12.1 Å². The number of methoxy groups -OCH3 is 1. The first-order chi connectivity index (χ1) is 13.4. The molecule has 1 fully saturated rings. The number of hydrogen-bond acceptors (Lipinski definition) is 4. The number of nitrogens with zero attached hydrogens (tertiary/aromatic N) is 3. The summed E-state index contributed by atoms with van der Waals surface area (Å²) in [5, 5.41) is 4.06. The average molecular weight is 378 g/mol. The number of amides is 1. The highest BCUT2D eigenvalue weighted by atomic mass is 16.5. The minimum atomic E-state index is -0.264. The Balaban J connectivity index is 1.64. The van der Waals surface area contributed by atoms with Crippen molar-refractivity contribution in [3.63, 3.8) is 0 Å². The number of aryl methyl sites for hydroxylation is 1. The summed E-state index contributed by atoms with van der Waals surface area (Å²) < 4.78 is 7.61. The molecule has 0 saturated heterocycles. The van der Waals surface area contributed by atoms with Crippen molar-refractivity contribution in [2.75, 3.05) is 33.1 Å². The molecule has 2 aromatic heterocycles. The first-order valence-electron chi connectivity index (χ1n) is 9.48. The van der Waals surface area contributed by atoms with Crippen molar-refractivity contribution < 1.29 is 9.53 Å². The lowest BCUT2D eigenvalue weighted by molar-refractivity contribution is -0.121. The molecule has 0 spiro atoms. The van der Waals surface area contributed by atoms with Crippen LogP contribution in [-0.4, -0.2) is 48.1 Å². The van der Waals surface area contributed by atoms with Gasteiger partial charge in [0.25, 0.3) is 0 Å². The lowest BCUT2D eigenvalue weighted by Crippen LogP contribution is -2.33. The van der Waals surface area contributed by atoms with Gasteiger partial charge in [0, 0.05) is 24.5 Å². The van der Waals surface area contributed by atoms with Gasteiger partial charge in [0.1, 0.15) is 11.6 Å². The maximum absolute atomic E-state index is 12.7. The van der Waals surface area contributed by atoms with Gasteiger partial charge in [0.15, 0.2) is 0 Å². The second kappa shape index (κ2) is 6.95. The molecule has 6 nitrogen and oxygen atoms in total. The fourth-order valence-corrected chi connectivity index (χ4v) is 3.88. The molecule has 0 atom stereocenters. The summed E-state index contributed by atoms with van der Waals surface area (Å²) in [6.45, 7) is 0.768. The van der Waals surface area contributed by atoms with Crippen molar-refractivity contribution >= 4 is 22.6 Å². The fourth-order valence-electron chi connectivity index (χ4n) is 3.88. The summed E-state index contributed by atoms with van der Waals surface area (Å²) in [5.74, 6) is 1.49. The van der Waals surface area contributed by atoms with Crippen molar-refractivity contribution in [3.05, 3.63) is 42.6 Å². The molecule has 0 bridgehead atoms. The van der Waals surface area contributed by atoms with E-state index in [1.54, 1.807) is 7.11 Å². The number of nitrogens with one attached hydrogen (secondary N) is 1. The Morgan fingerprint density at radius 3 is 2.71 bits per heavy atom. The lowest BCUT2D eigenvalue weighted by atomic mass is 10.1.